The molecule has 2 unspecified atom stereocenters. The van der Waals surface area contributed by atoms with Crippen LogP contribution >= 0.6 is 11.8 Å². The Bertz CT molecular complexity index is 280. The van der Waals surface area contributed by atoms with E-state index >= 15 is 0 Å². The number of aliphatic carboxylic acids is 1. The summed E-state index contributed by atoms with van der Waals surface area (Å²) in [4.78, 5) is 32.4. The lowest BCUT2D eigenvalue weighted by molar-refractivity contribution is -0.138. The molecule has 0 spiro atoms. The van der Waals surface area contributed by atoms with Crippen LogP contribution in [0.5, 0.6) is 0 Å². The van der Waals surface area contributed by atoms with E-state index in [9.17, 15) is 14.4 Å². The van der Waals surface area contributed by atoms with Gasteiger partial charge in [0.05, 0.1) is 6.42 Å². The summed E-state index contributed by atoms with van der Waals surface area (Å²) < 4.78 is 0. The van der Waals surface area contributed by atoms with Crippen molar-refractivity contribution in [1.29, 1.82) is 0 Å². The molecule has 5 nitrogen and oxygen atoms in total. The standard InChI is InChI=1S/C10H17NO4S/c1-6(11-8(3)12)7(2)16-10(15)5-4-9(13)14/h6-7H,4-5H2,1-3H3,(H,11,12)(H,13,14). The largest absolute Gasteiger partial charge is 0.481 e. The highest BCUT2D eigenvalue weighted by molar-refractivity contribution is 8.14. The van der Waals surface area contributed by atoms with E-state index in [1.807, 2.05) is 13.8 Å². The van der Waals surface area contributed by atoms with Crippen LogP contribution in [-0.2, 0) is 14.4 Å². The lowest BCUT2D eigenvalue weighted by atomic mass is 10.2. The van der Waals surface area contributed by atoms with Gasteiger partial charge in [0, 0.05) is 24.6 Å². The van der Waals surface area contributed by atoms with Crippen LogP contribution in [0, 0.1) is 0 Å². The monoisotopic (exact) mass is 247 g/mol. The smallest absolute Gasteiger partial charge is 0.303 e. The fourth-order valence-electron chi connectivity index (χ4n) is 1.02. The van der Waals surface area contributed by atoms with Crippen molar-refractivity contribution in [3.05, 3.63) is 0 Å². The summed E-state index contributed by atoms with van der Waals surface area (Å²) in [5.74, 6) is -1.12. The number of thioether (sulfide) groups is 1. The molecule has 2 N–H and O–H groups in total. The van der Waals surface area contributed by atoms with E-state index in [4.69, 9.17) is 5.11 Å². The Morgan fingerprint density at radius 3 is 2.25 bits per heavy atom. The summed E-state index contributed by atoms with van der Waals surface area (Å²) in [5, 5.41) is 10.9. The second-order valence-corrected chi connectivity index (χ2v) is 5.01. The second-order valence-electron chi connectivity index (χ2n) is 3.58. The molecule has 0 heterocycles. The molecule has 0 aliphatic heterocycles. The molecule has 0 aromatic rings. The predicted molar refractivity (Wildman–Crippen MR) is 62.2 cm³/mol. The van der Waals surface area contributed by atoms with E-state index in [0.717, 1.165) is 11.8 Å². The van der Waals surface area contributed by atoms with Crippen molar-refractivity contribution in [2.24, 2.45) is 0 Å². The SMILES string of the molecule is CC(=O)NC(C)C(C)SC(=O)CCC(=O)O. The van der Waals surface area contributed by atoms with Crippen LogP contribution in [0.25, 0.3) is 0 Å². The number of carbonyl (C=O) groups is 3. The highest BCUT2D eigenvalue weighted by atomic mass is 32.2. The highest BCUT2D eigenvalue weighted by Crippen LogP contribution is 2.17. The van der Waals surface area contributed by atoms with Gasteiger partial charge in [0.2, 0.25) is 5.91 Å². The molecule has 0 saturated carbocycles. The molecular weight excluding hydrogens is 230 g/mol. The number of carboxylic acid groups (broad SMARTS) is 1. The summed E-state index contributed by atoms with van der Waals surface area (Å²) in [6.07, 6.45) is -0.121. The van der Waals surface area contributed by atoms with E-state index in [0.29, 0.717) is 0 Å². The first-order valence-corrected chi connectivity index (χ1v) is 5.89. The zero-order valence-corrected chi connectivity index (χ0v) is 10.5. The Morgan fingerprint density at radius 2 is 1.81 bits per heavy atom. The summed E-state index contributed by atoms with van der Waals surface area (Å²) in [5.41, 5.74) is 0. The van der Waals surface area contributed by atoms with Crippen LogP contribution < -0.4 is 5.32 Å². The molecule has 0 aliphatic carbocycles. The van der Waals surface area contributed by atoms with E-state index < -0.39 is 5.97 Å². The predicted octanol–water partition coefficient (Wildman–Crippen LogP) is 1.02. The van der Waals surface area contributed by atoms with Gasteiger partial charge < -0.3 is 10.4 Å². The fraction of sp³-hybridized carbons (Fsp3) is 0.700. The summed E-state index contributed by atoms with van der Waals surface area (Å²) >= 11 is 1.07. The van der Waals surface area contributed by atoms with Crippen LogP contribution in [-0.4, -0.2) is 33.4 Å². The minimum atomic E-state index is -0.975. The molecule has 0 bridgehead atoms. The number of nitrogens with one attached hydrogen (secondary N) is 1. The maximum Gasteiger partial charge on any atom is 0.303 e. The van der Waals surface area contributed by atoms with Gasteiger partial charge in [-0.15, -0.1) is 0 Å². The Labute approximate surface area is 99.0 Å². The van der Waals surface area contributed by atoms with Gasteiger partial charge in [0.15, 0.2) is 5.12 Å². The van der Waals surface area contributed by atoms with Crippen LogP contribution in [0.4, 0.5) is 0 Å². The molecule has 6 heteroatoms. The summed E-state index contributed by atoms with van der Waals surface area (Å²) in [6.45, 7) is 5.05. The summed E-state index contributed by atoms with van der Waals surface area (Å²) in [7, 11) is 0. The molecule has 0 saturated heterocycles. The molecule has 0 aliphatic rings. The van der Waals surface area contributed by atoms with Gasteiger partial charge in [0.25, 0.3) is 0 Å². The van der Waals surface area contributed by atoms with Gasteiger partial charge >= 0.3 is 5.97 Å². The van der Waals surface area contributed by atoms with Crippen molar-refractivity contribution < 1.29 is 19.5 Å². The zero-order valence-electron chi connectivity index (χ0n) is 9.65. The molecule has 1 amide bonds. The van der Waals surface area contributed by atoms with Gasteiger partial charge in [-0.1, -0.05) is 18.7 Å². The van der Waals surface area contributed by atoms with Gasteiger partial charge in [0.1, 0.15) is 0 Å². The number of rotatable bonds is 6. The maximum absolute atomic E-state index is 11.3. The minimum absolute atomic E-state index is 0.0249. The van der Waals surface area contributed by atoms with E-state index in [1.54, 1.807) is 0 Å². The topological polar surface area (TPSA) is 83.5 Å². The molecule has 0 rings (SSSR count). The van der Waals surface area contributed by atoms with Crippen molar-refractivity contribution in [3.8, 4) is 0 Å². The highest BCUT2D eigenvalue weighted by Gasteiger charge is 2.17. The Kier molecular flexibility index (Phi) is 6.80. The van der Waals surface area contributed by atoms with E-state index in [-0.39, 0.29) is 35.2 Å². The molecule has 92 valence electrons. The first-order valence-electron chi connectivity index (χ1n) is 5.01. The third-order valence-electron chi connectivity index (χ3n) is 2.00. The van der Waals surface area contributed by atoms with E-state index in [1.165, 1.54) is 6.92 Å². The lowest BCUT2D eigenvalue weighted by Crippen LogP contribution is -2.37. The third kappa shape index (κ3) is 7.28. The number of amides is 1. The van der Waals surface area contributed by atoms with Crippen LogP contribution in [0.2, 0.25) is 0 Å². The first kappa shape index (κ1) is 15.0. The fourth-order valence-corrected chi connectivity index (χ4v) is 1.92. The maximum atomic E-state index is 11.3. The Balaban J connectivity index is 3.93. The Hall–Kier alpha value is -1.04. The van der Waals surface area contributed by atoms with Gasteiger partial charge in [-0.05, 0) is 6.92 Å². The normalized spacial score (nSPS) is 13.9. The van der Waals surface area contributed by atoms with Crippen LogP contribution in [0.1, 0.15) is 33.6 Å². The van der Waals surface area contributed by atoms with Gasteiger partial charge in [-0.3, -0.25) is 14.4 Å². The van der Waals surface area contributed by atoms with Crippen molar-refractivity contribution >= 4 is 28.8 Å². The van der Waals surface area contributed by atoms with Crippen molar-refractivity contribution in [1.82, 2.24) is 5.32 Å². The van der Waals surface area contributed by atoms with Crippen LogP contribution in [0.3, 0.4) is 0 Å². The first-order chi connectivity index (χ1) is 7.32. The average Bonchev–Trinajstić information content (AvgIpc) is 2.13. The number of hydrogen-bond acceptors (Lipinski definition) is 4. The second kappa shape index (κ2) is 7.27. The number of carbonyl (C=O) groups excluding carboxylic acids is 2. The van der Waals surface area contributed by atoms with Crippen molar-refractivity contribution in [2.75, 3.05) is 0 Å². The van der Waals surface area contributed by atoms with Crippen molar-refractivity contribution in [2.45, 2.75) is 44.9 Å². The molecule has 0 aromatic heterocycles. The molecule has 0 radical (unpaired) electrons. The zero-order chi connectivity index (χ0) is 12.7. The van der Waals surface area contributed by atoms with E-state index in [2.05, 4.69) is 5.32 Å². The Morgan fingerprint density at radius 1 is 1.25 bits per heavy atom. The minimum Gasteiger partial charge on any atom is -0.481 e. The number of carboxylic acids is 1. The molecule has 16 heavy (non-hydrogen) atoms. The average molecular weight is 247 g/mol. The van der Waals surface area contributed by atoms with Crippen molar-refractivity contribution in [3.63, 3.8) is 0 Å². The molecule has 2 atom stereocenters. The molecule has 0 aromatic carbocycles. The molecular formula is C10H17NO4S. The van der Waals surface area contributed by atoms with Gasteiger partial charge in [-0.25, -0.2) is 0 Å². The quantitative estimate of drug-likeness (QED) is 0.732. The molecule has 0 fully saturated rings. The lowest BCUT2D eigenvalue weighted by Gasteiger charge is -2.19. The van der Waals surface area contributed by atoms with Crippen LogP contribution in [0.15, 0.2) is 0 Å². The van der Waals surface area contributed by atoms with Gasteiger partial charge in [-0.2, -0.15) is 0 Å². The number of hydrogen-bond donors (Lipinski definition) is 2. The summed E-state index contributed by atoms with van der Waals surface area (Å²) in [6, 6.07) is -0.115. The third-order valence-corrected chi connectivity index (χ3v) is 3.24.